The summed E-state index contributed by atoms with van der Waals surface area (Å²) in [6, 6.07) is 14.8. The molecule has 9 heteroatoms. The summed E-state index contributed by atoms with van der Waals surface area (Å²) in [5.41, 5.74) is 3.00. The molecular formula is C21H22N4O3S2. The van der Waals surface area contributed by atoms with E-state index in [1.54, 1.807) is 19.1 Å². The van der Waals surface area contributed by atoms with E-state index in [0.29, 0.717) is 10.7 Å². The van der Waals surface area contributed by atoms with E-state index in [1.807, 2.05) is 18.2 Å². The number of sulfonamides is 1. The molecule has 0 radical (unpaired) electrons. The molecule has 1 aliphatic heterocycles. The van der Waals surface area contributed by atoms with E-state index in [9.17, 15) is 13.2 Å². The number of thiazole rings is 1. The van der Waals surface area contributed by atoms with Crippen LogP contribution in [-0.4, -0.2) is 30.8 Å². The number of amides is 1. The third-order valence-corrected chi connectivity index (χ3v) is 7.09. The number of carbonyl (C=O) groups excluding carboxylic acids is 1. The Balaban J connectivity index is 1.47. The standard InChI is InChI=1S/C21H22N4O3S2/c1-14-7-8-16(11-19(14)30(22,27)28)20(26)24-21-23-17-9-10-25(13-18(17)29-21)12-15-5-3-2-4-6-15/h2-8,11H,9-10,12-13H2,1H3,(H2,22,27,28)(H,23,24,26). The van der Waals surface area contributed by atoms with Crippen LogP contribution in [0.1, 0.15) is 32.1 Å². The zero-order valence-corrected chi connectivity index (χ0v) is 18.1. The zero-order valence-electron chi connectivity index (χ0n) is 16.5. The van der Waals surface area contributed by atoms with E-state index in [-0.39, 0.29) is 10.5 Å². The minimum atomic E-state index is -3.90. The molecule has 0 spiro atoms. The highest BCUT2D eigenvalue weighted by molar-refractivity contribution is 7.89. The lowest BCUT2D eigenvalue weighted by atomic mass is 10.1. The quantitative estimate of drug-likeness (QED) is 0.632. The van der Waals surface area contributed by atoms with Crippen molar-refractivity contribution in [2.24, 2.45) is 5.14 Å². The lowest BCUT2D eigenvalue weighted by molar-refractivity contribution is 0.102. The molecule has 3 aromatic rings. The Morgan fingerprint density at radius 2 is 2.00 bits per heavy atom. The molecule has 7 nitrogen and oxygen atoms in total. The summed E-state index contributed by atoms with van der Waals surface area (Å²) >= 11 is 1.46. The summed E-state index contributed by atoms with van der Waals surface area (Å²) in [7, 11) is -3.90. The highest BCUT2D eigenvalue weighted by Crippen LogP contribution is 2.29. The molecule has 0 saturated heterocycles. The van der Waals surface area contributed by atoms with Gasteiger partial charge in [0, 0.05) is 36.5 Å². The van der Waals surface area contributed by atoms with E-state index in [1.165, 1.54) is 23.0 Å². The fourth-order valence-corrected chi connectivity index (χ4v) is 5.35. The van der Waals surface area contributed by atoms with Gasteiger partial charge < -0.3 is 0 Å². The second-order valence-corrected chi connectivity index (χ2v) is 9.93. The monoisotopic (exact) mass is 442 g/mol. The summed E-state index contributed by atoms with van der Waals surface area (Å²) in [6.45, 7) is 4.21. The molecule has 0 unspecified atom stereocenters. The average molecular weight is 443 g/mol. The fourth-order valence-electron chi connectivity index (χ4n) is 3.50. The number of carbonyl (C=O) groups is 1. The van der Waals surface area contributed by atoms with Crippen LogP contribution in [0.15, 0.2) is 53.4 Å². The number of fused-ring (bicyclic) bond motifs is 1. The highest BCUT2D eigenvalue weighted by Gasteiger charge is 2.22. The van der Waals surface area contributed by atoms with Gasteiger partial charge in [-0.05, 0) is 30.2 Å². The molecule has 1 amide bonds. The number of nitrogens with one attached hydrogen (secondary N) is 1. The number of nitrogens with zero attached hydrogens (tertiary/aromatic N) is 2. The van der Waals surface area contributed by atoms with Crippen molar-refractivity contribution < 1.29 is 13.2 Å². The summed E-state index contributed by atoms with van der Waals surface area (Å²) in [4.78, 5) is 20.6. The minimum Gasteiger partial charge on any atom is -0.298 e. The third-order valence-electron chi connectivity index (χ3n) is 5.04. The lowest BCUT2D eigenvalue weighted by Crippen LogP contribution is -2.29. The molecule has 3 N–H and O–H groups in total. The van der Waals surface area contributed by atoms with Crippen molar-refractivity contribution in [2.45, 2.75) is 31.3 Å². The number of aryl methyl sites for hydroxylation is 1. The summed E-state index contributed by atoms with van der Waals surface area (Å²) in [5.74, 6) is -0.410. The maximum atomic E-state index is 12.6. The SMILES string of the molecule is Cc1ccc(C(=O)Nc2nc3c(s2)CN(Cc2ccccc2)CC3)cc1S(N)(=O)=O. The number of benzene rings is 2. The second kappa shape index (κ2) is 8.27. The van der Waals surface area contributed by atoms with Crippen LogP contribution >= 0.6 is 11.3 Å². The van der Waals surface area contributed by atoms with E-state index < -0.39 is 15.9 Å². The average Bonchev–Trinajstić information content (AvgIpc) is 3.09. The molecule has 30 heavy (non-hydrogen) atoms. The molecule has 2 aromatic carbocycles. The first-order chi connectivity index (χ1) is 14.3. The van der Waals surface area contributed by atoms with Crippen molar-refractivity contribution in [3.05, 3.63) is 75.8 Å². The van der Waals surface area contributed by atoms with Gasteiger partial charge in [0.05, 0.1) is 10.6 Å². The molecular weight excluding hydrogens is 420 g/mol. The molecule has 156 valence electrons. The van der Waals surface area contributed by atoms with Gasteiger partial charge in [0.25, 0.3) is 5.91 Å². The Labute approximate surface area is 179 Å². The first kappa shape index (κ1) is 20.7. The summed E-state index contributed by atoms with van der Waals surface area (Å²) in [6.07, 6.45) is 0.828. The van der Waals surface area contributed by atoms with Crippen LogP contribution in [0.25, 0.3) is 0 Å². The molecule has 2 heterocycles. The number of aromatic nitrogens is 1. The maximum absolute atomic E-state index is 12.6. The van der Waals surface area contributed by atoms with Crippen molar-refractivity contribution in [3.63, 3.8) is 0 Å². The fraction of sp³-hybridized carbons (Fsp3) is 0.238. The van der Waals surface area contributed by atoms with Gasteiger partial charge >= 0.3 is 0 Å². The Kier molecular flexibility index (Phi) is 5.70. The molecule has 0 bridgehead atoms. The first-order valence-electron chi connectivity index (χ1n) is 9.49. The minimum absolute atomic E-state index is 0.0508. The molecule has 0 atom stereocenters. The molecule has 1 aromatic heterocycles. The Morgan fingerprint density at radius 3 is 2.73 bits per heavy atom. The van der Waals surface area contributed by atoms with Crippen LogP contribution in [-0.2, 0) is 29.5 Å². The van der Waals surface area contributed by atoms with Crippen molar-refractivity contribution >= 4 is 32.4 Å². The molecule has 4 rings (SSSR count). The van der Waals surface area contributed by atoms with Gasteiger partial charge in [-0.3, -0.25) is 15.0 Å². The van der Waals surface area contributed by atoms with Crippen molar-refractivity contribution in [2.75, 3.05) is 11.9 Å². The Hall–Kier alpha value is -2.59. The van der Waals surface area contributed by atoms with Crippen LogP contribution < -0.4 is 10.5 Å². The number of hydrogen-bond donors (Lipinski definition) is 2. The second-order valence-electron chi connectivity index (χ2n) is 7.31. The Bertz CT molecular complexity index is 1190. The van der Waals surface area contributed by atoms with Crippen molar-refractivity contribution in [1.82, 2.24) is 9.88 Å². The van der Waals surface area contributed by atoms with Gasteiger partial charge in [0.15, 0.2) is 5.13 Å². The van der Waals surface area contributed by atoms with Crippen molar-refractivity contribution in [3.8, 4) is 0 Å². The number of hydrogen-bond acceptors (Lipinski definition) is 6. The highest BCUT2D eigenvalue weighted by atomic mass is 32.2. The van der Waals surface area contributed by atoms with Gasteiger partial charge in [0.1, 0.15) is 0 Å². The predicted molar refractivity (Wildman–Crippen MR) is 117 cm³/mol. The van der Waals surface area contributed by atoms with Crippen LogP contribution in [0.2, 0.25) is 0 Å². The molecule has 0 aliphatic carbocycles. The largest absolute Gasteiger partial charge is 0.298 e. The third kappa shape index (κ3) is 4.59. The maximum Gasteiger partial charge on any atom is 0.257 e. The topological polar surface area (TPSA) is 105 Å². The van der Waals surface area contributed by atoms with Gasteiger partial charge in [-0.1, -0.05) is 36.4 Å². The molecule has 0 fully saturated rings. The number of anilines is 1. The van der Waals surface area contributed by atoms with Crippen LogP contribution in [0.4, 0.5) is 5.13 Å². The van der Waals surface area contributed by atoms with Gasteiger partial charge in [0.2, 0.25) is 10.0 Å². The number of nitrogens with two attached hydrogens (primary N) is 1. The lowest BCUT2D eigenvalue weighted by Gasteiger charge is -2.25. The Morgan fingerprint density at radius 1 is 1.23 bits per heavy atom. The van der Waals surface area contributed by atoms with Crippen molar-refractivity contribution in [1.29, 1.82) is 0 Å². The first-order valence-corrected chi connectivity index (χ1v) is 11.9. The predicted octanol–water partition coefficient (Wildman–Crippen LogP) is 2.91. The van der Waals surface area contributed by atoms with Crippen LogP contribution in [0.3, 0.4) is 0 Å². The van der Waals surface area contributed by atoms with E-state index in [0.717, 1.165) is 36.6 Å². The summed E-state index contributed by atoms with van der Waals surface area (Å²) in [5, 5.41) is 8.55. The summed E-state index contributed by atoms with van der Waals surface area (Å²) < 4.78 is 23.4. The van der Waals surface area contributed by atoms with Crippen LogP contribution in [0.5, 0.6) is 0 Å². The normalized spacial score (nSPS) is 14.3. The van der Waals surface area contributed by atoms with E-state index in [4.69, 9.17) is 5.14 Å². The van der Waals surface area contributed by atoms with E-state index >= 15 is 0 Å². The van der Waals surface area contributed by atoms with E-state index in [2.05, 4.69) is 27.3 Å². The van der Waals surface area contributed by atoms with Gasteiger partial charge in [-0.15, -0.1) is 11.3 Å². The van der Waals surface area contributed by atoms with Gasteiger partial charge in [-0.25, -0.2) is 18.5 Å². The number of primary sulfonamides is 1. The zero-order chi connectivity index (χ0) is 21.3. The molecule has 0 saturated carbocycles. The van der Waals surface area contributed by atoms with Crippen LogP contribution in [0, 0.1) is 6.92 Å². The number of rotatable bonds is 5. The van der Waals surface area contributed by atoms with Gasteiger partial charge in [-0.2, -0.15) is 0 Å². The smallest absolute Gasteiger partial charge is 0.257 e. The molecule has 1 aliphatic rings.